The van der Waals surface area contributed by atoms with Gasteiger partial charge in [0.05, 0.1) is 6.29 Å². The molecule has 0 aromatic heterocycles. The summed E-state index contributed by atoms with van der Waals surface area (Å²) < 4.78 is 0. The van der Waals surface area contributed by atoms with E-state index in [-0.39, 0.29) is 0 Å². The number of nitrogens with zero attached hydrogens (tertiary/aromatic N) is 3. The van der Waals surface area contributed by atoms with Crippen molar-refractivity contribution in [2.24, 2.45) is 15.8 Å². The van der Waals surface area contributed by atoms with Gasteiger partial charge in [-0.1, -0.05) is 8.58 Å². The van der Waals surface area contributed by atoms with Crippen molar-refractivity contribution in [1.29, 1.82) is 0 Å². The standard InChI is InChI=1S/C5H7N4P/c6-9-2-7-1-4-5(9)8-3-10-4/h1-2,10H,3,6H2. The number of hydrogen-bond donors (Lipinski definition) is 1. The van der Waals surface area contributed by atoms with Crippen LogP contribution < -0.4 is 5.84 Å². The third-order valence-electron chi connectivity index (χ3n) is 1.38. The van der Waals surface area contributed by atoms with E-state index in [4.69, 9.17) is 5.84 Å². The predicted octanol–water partition coefficient (Wildman–Crippen LogP) is 0.0935. The molecule has 5 heteroatoms. The molecule has 4 nitrogen and oxygen atoms in total. The Morgan fingerprint density at radius 1 is 1.70 bits per heavy atom. The van der Waals surface area contributed by atoms with Crippen LogP contribution in [0.5, 0.6) is 0 Å². The number of hydrogen-bond acceptors (Lipinski definition) is 4. The van der Waals surface area contributed by atoms with Crippen LogP contribution in [0.25, 0.3) is 0 Å². The smallest absolute Gasteiger partial charge is 0.152 e. The summed E-state index contributed by atoms with van der Waals surface area (Å²) in [6.45, 7) is 0. The van der Waals surface area contributed by atoms with Gasteiger partial charge >= 0.3 is 0 Å². The zero-order chi connectivity index (χ0) is 6.97. The predicted molar refractivity (Wildman–Crippen MR) is 43.2 cm³/mol. The van der Waals surface area contributed by atoms with Crippen LogP contribution >= 0.6 is 8.58 Å². The van der Waals surface area contributed by atoms with Crippen LogP contribution in [-0.2, 0) is 0 Å². The maximum atomic E-state index is 5.54. The minimum atomic E-state index is 0.746. The third-order valence-corrected chi connectivity index (χ3v) is 2.43. The van der Waals surface area contributed by atoms with E-state index in [2.05, 4.69) is 9.98 Å². The number of fused-ring (bicyclic) bond motifs is 1. The van der Waals surface area contributed by atoms with Crippen LogP contribution in [0.2, 0.25) is 0 Å². The number of aliphatic imine (C=N–C) groups is 2. The molecular formula is C5H7N4P. The molecule has 0 saturated heterocycles. The fourth-order valence-corrected chi connectivity index (χ4v) is 1.85. The first kappa shape index (κ1) is 6.01. The Kier molecular flexibility index (Phi) is 1.29. The maximum Gasteiger partial charge on any atom is 0.152 e. The summed E-state index contributed by atoms with van der Waals surface area (Å²) in [5.41, 5.74) is 0. The average molecular weight is 154 g/mol. The van der Waals surface area contributed by atoms with Crippen LogP contribution in [0.15, 0.2) is 21.5 Å². The molecule has 0 aromatic carbocycles. The van der Waals surface area contributed by atoms with Crippen molar-refractivity contribution in [2.75, 3.05) is 6.29 Å². The Bertz CT molecular complexity index is 242. The second-order valence-corrected chi connectivity index (χ2v) is 3.24. The molecule has 0 bridgehead atoms. The Hall–Kier alpha value is -0.730. The molecule has 0 fully saturated rings. The fraction of sp³-hybridized carbons (Fsp3) is 0.200. The maximum absolute atomic E-state index is 5.54. The molecular weight excluding hydrogens is 147 g/mol. The fourth-order valence-electron chi connectivity index (χ4n) is 0.922. The van der Waals surface area contributed by atoms with Gasteiger partial charge in [0.25, 0.3) is 0 Å². The molecule has 1 atom stereocenters. The van der Waals surface area contributed by atoms with Crippen LogP contribution in [-0.4, -0.2) is 23.5 Å². The molecule has 2 aliphatic rings. The van der Waals surface area contributed by atoms with Crippen molar-refractivity contribution in [3.05, 3.63) is 11.5 Å². The second-order valence-electron chi connectivity index (χ2n) is 2.03. The van der Waals surface area contributed by atoms with Gasteiger partial charge in [0.2, 0.25) is 0 Å². The summed E-state index contributed by atoms with van der Waals surface area (Å²) in [5, 5.41) is 2.64. The Morgan fingerprint density at radius 3 is 3.40 bits per heavy atom. The van der Waals surface area contributed by atoms with Crippen molar-refractivity contribution in [2.45, 2.75) is 0 Å². The number of hydrazine groups is 1. The molecule has 2 rings (SSSR count). The van der Waals surface area contributed by atoms with Gasteiger partial charge in [0, 0.05) is 11.5 Å². The molecule has 0 spiro atoms. The van der Waals surface area contributed by atoms with E-state index in [1.165, 1.54) is 10.3 Å². The topological polar surface area (TPSA) is 54.0 Å². The minimum Gasteiger partial charge on any atom is -0.262 e. The summed E-state index contributed by atoms with van der Waals surface area (Å²) in [7, 11) is 0.746. The van der Waals surface area contributed by atoms with Crippen LogP contribution in [0.4, 0.5) is 0 Å². The Balaban J connectivity index is 2.39. The highest BCUT2D eigenvalue weighted by atomic mass is 31.1. The van der Waals surface area contributed by atoms with Crippen molar-refractivity contribution < 1.29 is 0 Å². The number of amidine groups is 1. The molecule has 0 amide bonds. The number of nitrogens with two attached hydrogens (primary N) is 1. The van der Waals surface area contributed by atoms with E-state index in [0.29, 0.717) is 0 Å². The Morgan fingerprint density at radius 2 is 2.60 bits per heavy atom. The second kappa shape index (κ2) is 2.15. The molecule has 1 unspecified atom stereocenters. The lowest BCUT2D eigenvalue weighted by molar-refractivity contribution is 0.672. The third kappa shape index (κ3) is 0.770. The molecule has 52 valence electrons. The minimum absolute atomic E-state index is 0.746. The van der Waals surface area contributed by atoms with Gasteiger partial charge in [-0.3, -0.25) is 10.0 Å². The van der Waals surface area contributed by atoms with E-state index in [0.717, 1.165) is 20.7 Å². The first-order valence-corrected chi connectivity index (χ1v) is 4.15. The molecule has 2 aliphatic heterocycles. The SMILES string of the molecule is NN1C=NC=C2PCN=C21. The van der Waals surface area contributed by atoms with Gasteiger partial charge < -0.3 is 0 Å². The van der Waals surface area contributed by atoms with Gasteiger partial charge in [-0.05, 0) is 0 Å². The average Bonchev–Trinajstić information content (AvgIpc) is 2.36. The van der Waals surface area contributed by atoms with Gasteiger partial charge in [0.1, 0.15) is 6.34 Å². The van der Waals surface area contributed by atoms with E-state index < -0.39 is 0 Å². The normalized spacial score (nSPS) is 24.7. The molecule has 2 N–H and O–H groups in total. The summed E-state index contributed by atoms with van der Waals surface area (Å²) in [4.78, 5) is 8.15. The van der Waals surface area contributed by atoms with Crippen molar-refractivity contribution in [3.8, 4) is 0 Å². The van der Waals surface area contributed by atoms with Gasteiger partial charge in [0.15, 0.2) is 5.84 Å². The summed E-state index contributed by atoms with van der Waals surface area (Å²) >= 11 is 0. The van der Waals surface area contributed by atoms with Crippen LogP contribution in [0.1, 0.15) is 0 Å². The van der Waals surface area contributed by atoms with E-state index >= 15 is 0 Å². The number of rotatable bonds is 0. The lowest BCUT2D eigenvalue weighted by Crippen LogP contribution is -2.36. The van der Waals surface area contributed by atoms with E-state index in [1.807, 2.05) is 6.20 Å². The summed E-state index contributed by atoms with van der Waals surface area (Å²) in [6, 6.07) is 0. The zero-order valence-electron chi connectivity index (χ0n) is 5.28. The molecule has 0 saturated carbocycles. The monoisotopic (exact) mass is 154 g/mol. The molecule has 0 aliphatic carbocycles. The van der Waals surface area contributed by atoms with E-state index in [9.17, 15) is 0 Å². The first-order chi connectivity index (χ1) is 4.88. The lowest BCUT2D eigenvalue weighted by Gasteiger charge is -2.15. The first-order valence-electron chi connectivity index (χ1n) is 2.94. The van der Waals surface area contributed by atoms with Crippen LogP contribution in [0.3, 0.4) is 0 Å². The largest absolute Gasteiger partial charge is 0.262 e. The lowest BCUT2D eigenvalue weighted by atomic mass is 10.5. The van der Waals surface area contributed by atoms with Gasteiger partial charge in [-0.25, -0.2) is 10.8 Å². The summed E-state index contributed by atoms with van der Waals surface area (Å²) in [5.74, 6) is 6.42. The highest BCUT2D eigenvalue weighted by molar-refractivity contribution is 7.45. The molecule has 2 heterocycles. The Labute approximate surface area is 60.3 Å². The van der Waals surface area contributed by atoms with Crippen molar-refractivity contribution >= 4 is 20.8 Å². The molecule has 0 aromatic rings. The van der Waals surface area contributed by atoms with Crippen LogP contribution in [0, 0.1) is 0 Å². The summed E-state index contributed by atoms with van der Waals surface area (Å²) in [6.07, 6.45) is 4.27. The van der Waals surface area contributed by atoms with Gasteiger partial charge in [-0.15, -0.1) is 0 Å². The highest BCUT2D eigenvalue weighted by Crippen LogP contribution is 2.32. The zero-order valence-corrected chi connectivity index (χ0v) is 6.28. The van der Waals surface area contributed by atoms with Crippen molar-refractivity contribution in [1.82, 2.24) is 5.01 Å². The highest BCUT2D eigenvalue weighted by Gasteiger charge is 2.18. The molecule has 0 radical (unpaired) electrons. The molecule has 10 heavy (non-hydrogen) atoms. The van der Waals surface area contributed by atoms with Gasteiger partial charge in [-0.2, -0.15) is 0 Å². The van der Waals surface area contributed by atoms with E-state index in [1.54, 1.807) is 6.34 Å². The quantitative estimate of drug-likeness (QED) is 0.397. The van der Waals surface area contributed by atoms with Crippen molar-refractivity contribution in [3.63, 3.8) is 0 Å².